The lowest BCUT2D eigenvalue weighted by Crippen LogP contribution is -2.50. The predicted octanol–water partition coefficient (Wildman–Crippen LogP) is 4.01. The number of carbonyl (C=O) groups is 1. The summed E-state index contributed by atoms with van der Waals surface area (Å²) in [4.78, 5) is 18.4. The Kier molecular flexibility index (Phi) is 4.56. The molecule has 0 amide bonds. The van der Waals surface area contributed by atoms with Crippen LogP contribution in [-0.2, 0) is 9.63 Å². The van der Waals surface area contributed by atoms with Gasteiger partial charge in [-0.2, -0.15) is 0 Å². The van der Waals surface area contributed by atoms with Crippen molar-refractivity contribution >= 4 is 5.78 Å². The number of hydrogen-bond acceptors (Lipinski definition) is 4. The van der Waals surface area contributed by atoms with Crippen LogP contribution in [0.5, 0.6) is 0 Å². The van der Waals surface area contributed by atoms with Crippen LogP contribution >= 0.6 is 0 Å². The van der Waals surface area contributed by atoms with Crippen LogP contribution < -0.4 is 10.8 Å². The van der Waals surface area contributed by atoms with Gasteiger partial charge in [0.1, 0.15) is 0 Å². The third-order valence-electron chi connectivity index (χ3n) is 8.84. The molecule has 3 saturated carbocycles. The van der Waals surface area contributed by atoms with Crippen molar-refractivity contribution in [1.82, 2.24) is 10.8 Å². The summed E-state index contributed by atoms with van der Waals surface area (Å²) in [6.45, 7) is 10.7. The molecule has 5 heteroatoms. The van der Waals surface area contributed by atoms with Gasteiger partial charge in [-0.05, 0) is 79.9 Å². The lowest BCUT2D eigenvalue weighted by atomic mass is 9.47. The Balaban J connectivity index is 1.37. The van der Waals surface area contributed by atoms with E-state index in [1.807, 2.05) is 6.92 Å². The van der Waals surface area contributed by atoms with Crippen molar-refractivity contribution in [2.45, 2.75) is 64.6 Å². The Hall–Kier alpha value is -1.46. The fraction of sp³-hybridized carbons (Fsp3) is 0.708. The molecule has 0 bridgehead atoms. The number of rotatable bonds is 3. The predicted molar refractivity (Wildman–Crippen MR) is 110 cm³/mol. The van der Waals surface area contributed by atoms with Gasteiger partial charge in [-0.15, -0.1) is 0 Å². The van der Waals surface area contributed by atoms with Crippen molar-refractivity contribution in [1.29, 1.82) is 0 Å². The zero-order chi connectivity index (χ0) is 20.4. The van der Waals surface area contributed by atoms with E-state index in [1.54, 1.807) is 0 Å². The topological polar surface area (TPSA) is 50.4 Å². The van der Waals surface area contributed by atoms with Crippen LogP contribution in [-0.4, -0.2) is 31.1 Å². The van der Waals surface area contributed by atoms with Crippen LogP contribution in [0.4, 0.5) is 4.39 Å². The number of alkyl halides is 1. The second-order valence-electron chi connectivity index (χ2n) is 10.4. The normalized spacial score (nSPS) is 46.5. The van der Waals surface area contributed by atoms with Crippen molar-refractivity contribution in [2.24, 2.45) is 28.6 Å². The number of fused-ring (bicyclic) bond motifs is 5. The molecule has 2 N–H and O–H groups in total. The Morgan fingerprint density at radius 2 is 2.10 bits per heavy atom. The molecule has 7 atom stereocenters. The summed E-state index contributed by atoms with van der Waals surface area (Å²) in [5.74, 6) is 0.845. The fourth-order valence-corrected chi connectivity index (χ4v) is 7.13. The molecule has 0 aromatic carbocycles. The molecular weight excluding hydrogens is 367 g/mol. The zero-order valence-corrected chi connectivity index (χ0v) is 17.6. The fourth-order valence-electron chi connectivity index (χ4n) is 7.13. The van der Waals surface area contributed by atoms with Gasteiger partial charge in [0.05, 0.1) is 11.8 Å². The first kappa shape index (κ1) is 19.5. The highest BCUT2D eigenvalue weighted by Gasteiger charge is 2.62. The zero-order valence-electron chi connectivity index (χ0n) is 17.6. The second-order valence-corrected chi connectivity index (χ2v) is 10.4. The van der Waals surface area contributed by atoms with Crippen molar-refractivity contribution in [3.63, 3.8) is 0 Å². The van der Waals surface area contributed by atoms with Crippen molar-refractivity contribution < 1.29 is 14.0 Å². The molecule has 4 fully saturated rings. The first-order chi connectivity index (χ1) is 13.8. The van der Waals surface area contributed by atoms with Crippen LogP contribution in [0.3, 0.4) is 0 Å². The molecular formula is C24H33FN2O2. The van der Waals surface area contributed by atoms with E-state index in [-0.39, 0.29) is 23.2 Å². The van der Waals surface area contributed by atoms with E-state index in [4.69, 9.17) is 4.84 Å². The third-order valence-corrected chi connectivity index (χ3v) is 8.84. The Labute approximate surface area is 173 Å². The lowest BCUT2D eigenvalue weighted by Gasteiger charge is -2.57. The van der Waals surface area contributed by atoms with E-state index in [1.165, 1.54) is 5.57 Å². The van der Waals surface area contributed by atoms with Crippen LogP contribution in [0.2, 0.25) is 0 Å². The van der Waals surface area contributed by atoms with Crippen LogP contribution in [0.15, 0.2) is 35.6 Å². The molecule has 0 aromatic heterocycles. The number of Topliss-reactive ketones (excluding diaryl/α,β-unsaturated/α-hetero) is 1. The molecule has 158 valence electrons. The quantitative estimate of drug-likeness (QED) is 0.703. The summed E-state index contributed by atoms with van der Waals surface area (Å²) < 4.78 is 14.4. The van der Waals surface area contributed by atoms with Gasteiger partial charge in [-0.1, -0.05) is 32.1 Å². The van der Waals surface area contributed by atoms with Crippen LogP contribution in [0.1, 0.15) is 52.4 Å². The lowest BCUT2D eigenvalue weighted by molar-refractivity contribution is -0.134. The summed E-state index contributed by atoms with van der Waals surface area (Å²) in [6, 6.07) is 0. The van der Waals surface area contributed by atoms with Crippen molar-refractivity contribution in [2.75, 3.05) is 13.1 Å². The highest BCUT2D eigenvalue weighted by molar-refractivity contribution is 5.91. The minimum absolute atomic E-state index is 0.0128. The number of ketones is 1. The Bertz CT molecular complexity index is 799. The summed E-state index contributed by atoms with van der Waals surface area (Å²) in [5, 5.41) is 3.31. The Morgan fingerprint density at radius 3 is 2.86 bits per heavy atom. The van der Waals surface area contributed by atoms with Gasteiger partial charge in [0.15, 0.2) is 12.0 Å². The molecule has 4 nitrogen and oxygen atoms in total. The van der Waals surface area contributed by atoms with Gasteiger partial charge in [0.2, 0.25) is 0 Å². The molecule has 1 aliphatic heterocycles. The van der Waals surface area contributed by atoms with Crippen molar-refractivity contribution in [3.05, 3.63) is 35.6 Å². The number of hydroxylamine groups is 1. The molecule has 5 rings (SSSR count). The van der Waals surface area contributed by atoms with E-state index in [9.17, 15) is 9.18 Å². The summed E-state index contributed by atoms with van der Waals surface area (Å²) in [5.41, 5.74) is 6.20. The van der Waals surface area contributed by atoms with Crippen LogP contribution in [0, 0.1) is 28.6 Å². The second kappa shape index (κ2) is 6.78. The molecule has 0 aromatic rings. The molecule has 7 unspecified atom stereocenters. The Morgan fingerprint density at radius 1 is 1.28 bits per heavy atom. The van der Waals surface area contributed by atoms with E-state index in [0.717, 1.165) is 56.5 Å². The minimum atomic E-state index is -1.27. The van der Waals surface area contributed by atoms with Crippen molar-refractivity contribution in [3.8, 4) is 0 Å². The molecule has 0 radical (unpaired) electrons. The average Bonchev–Trinajstić information content (AvgIpc) is 3.29. The number of hydrogen-bond donors (Lipinski definition) is 2. The van der Waals surface area contributed by atoms with Gasteiger partial charge in [0.25, 0.3) is 0 Å². The van der Waals surface area contributed by atoms with Gasteiger partial charge in [-0.25, -0.2) is 4.39 Å². The molecule has 29 heavy (non-hydrogen) atoms. The summed E-state index contributed by atoms with van der Waals surface area (Å²) in [7, 11) is 0. The standard InChI is InChI=1S/C24H33FN2O2/c1-14-10-17-18(5-8-24(3)20(17)12-21(25)22(24)28)23(2)7-4-15(11-19(14)23)27-29-16-6-9-26-13-16/h4,11,16-18,20-21,26-27H,1,5-10,12-13H2,2-3H3. The molecule has 1 heterocycles. The number of halogens is 1. The van der Waals surface area contributed by atoms with Gasteiger partial charge in [-0.3, -0.25) is 15.1 Å². The molecule has 1 saturated heterocycles. The van der Waals surface area contributed by atoms with Gasteiger partial charge < -0.3 is 5.32 Å². The largest absolute Gasteiger partial charge is 0.314 e. The minimum Gasteiger partial charge on any atom is -0.314 e. The first-order valence-corrected chi connectivity index (χ1v) is 11.2. The highest BCUT2D eigenvalue weighted by atomic mass is 19.1. The smallest absolute Gasteiger partial charge is 0.173 e. The molecule has 5 aliphatic rings. The first-order valence-electron chi connectivity index (χ1n) is 11.2. The summed E-state index contributed by atoms with van der Waals surface area (Å²) in [6.07, 6.45) is 8.47. The van der Waals surface area contributed by atoms with Gasteiger partial charge in [0, 0.05) is 12.0 Å². The number of nitrogens with one attached hydrogen (secondary N) is 2. The van der Waals surface area contributed by atoms with E-state index >= 15 is 0 Å². The van der Waals surface area contributed by atoms with Gasteiger partial charge >= 0.3 is 0 Å². The van der Waals surface area contributed by atoms with Crippen LogP contribution in [0.25, 0.3) is 0 Å². The maximum Gasteiger partial charge on any atom is 0.173 e. The maximum atomic E-state index is 14.4. The van der Waals surface area contributed by atoms with E-state index in [0.29, 0.717) is 18.3 Å². The maximum absolute atomic E-state index is 14.4. The summed E-state index contributed by atoms with van der Waals surface area (Å²) >= 11 is 0. The molecule has 4 aliphatic carbocycles. The van der Waals surface area contributed by atoms with E-state index < -0.39 is 11.6 Å². The SMILES string of the molecule is C=C1CC2C3CC(F)C(=O)C3(C)CCC2C2(C)CC=C(NOC3CCNC3)C=C12. The number of carbonyl (C=O) groups excluding carboxylic acids is 1. The molecule has 0 spiro atoms. The average molecular weight is 401 g/mol. The third kappa shape index (κ3) is 2.88. The highest BCUT2D eigenvalue weighted by Crippen LogP contribution is 2.65. The monoisotopic (exact) mass is 400 g/mol. The van der Waals surface area contributed by atoms with E-state index in [2.05, 4.69) is 36.5 Å². The number of allylic oxidation sites excluding steroid dienone is 4.